The third-order valence-electron chi connectivity index (χ3n) is 4.70. The number of carbonyl (C=O) groups is 1. The van der Waals surface area contributed by atoms with E-state index in [9.17, 15) is 4.79 Å². The van der Waals surface area contributed by atoms with Gasteiger partial charge >= 0.3 is 5.97 Å². The Morgan fingerprint density at radius 3 is 2.50 bits per heavy atom. The normalized spacial score (nSPS) is 11.9. The predicted molar refractivity (Wildman–Crippen MR) is 108 cm³/mol. The van der Waals surface area contributed by atoms with Crippen LogP contribution in [0.3, 0.4) is 0 Å². The number of aliphatic carboxylic acids is 1. The molecule has 28 heavy (non-hydrogen) atoms. The van der Waals surface area contributed by atoms with E-state index in [1.165, 1.54) is 0 Å². The highest BCUT2D eigenvalue weighted by molar-refractivity contribution is 5.75. The Balaban J connectivity index is 1.54. The highest BCUT2D eigenvalue weighted by Gasteiger charge is 2.14. The Kier molecular flexibility index (Phi) is 6.48. The molecule has 5 nitrogen and oxygen atoms in total. The molecule has 0 spiro atoms. The average Bonchev–Trinajstić information content (AvgIpc) is 3.15. The highest BCUT2D eigenvalue weighted by atomic mass is 16.5. The lowest BCUT2D eigenvalue weighted by Gasteiger charge is -2.09. The van der Waals surface area contributed by atoms with E-state index in [-0.39, 0.29) is 0 Å². The maximum atomic E-state index is 11.0. The molecule has 0 amide bonds. The first-order valence-corrected chi connectivity index (χ1v) is 9.58. The van der Waals surface area contributed by atoms with Crippen LogP contribution in [0.2, 0.25) is 0 Å². The van der Waals surface area contributed by atoms with Gasteiger partial charge in [-0.2, -0.15) is 0 Å². The number of hydrogen-bond donors (Lipinski definition) is 1. The molecule has 0 fully saturated rings. The highest BCUT2D eigenvalue weighted by Crippen LogP contribution is 2.23. The van der Waals surface area contributed by atoms with Gasteiger partial charge in [-0.3, -0.25) is 4.79 Å². The lowest BCUT2D eigenvalue weighted by atomic mass is 10.0. The van der Waals surface area contributed by atoms with Gasteiger partial charge in [0.1, 0.15) is 11.5 Å². The number of hydrogen-bond acceptors (Lipinski definition) is 4. The summed E-state index contributed by atoms with van der Waals surface area (Å²) in [5.74, 6) is 0.972. The topological polar surface area (TPSA) is 72.6 Å². The summed E-state index contributed by atoms with van der Waals surface area (Å²) in [6, 6.07) is 17.1. The molecule has 146 valence electrons. The summed E-state index contributed by atoms with van der Waals surface area (Å²) in [5, 5.41) is 9.06. The second kappa shape index (κ2) is 9.22. The first-order valence-electron chi connectivity index (χ1n) is 9.58. The van der Waals surface area contributed by atoms with Crippen LogP contribution in [0, 0.1) is 0 Å². The van der Waals surface area contributed by atoms with E-state index >= 15 is 0 Å². The molecule has 0 aliphatic heterocycles. The van der Waals surface area contributed by atoms with Gasteiger partial charge in [0.25, 0.3) is 0 Å². The molecule has 3 rings (SSSR count). The van der Waals surface area contributed by atoms with E-state index in [1.807, 2.05) is 42.5 Å². The third-order valence-corrected chi connectivity index (χ3v) is 4.70. The summed E-state index contributed by atoms with van der Waals surface area (Å²) in [7, 11) is 0. The van der Waals surface area contributed by atoms with Crippen molar-refractivity contribution < 1.29 is 19.1 Å². The minimum absolute atomic E-state index is 0.521. The zero-order chi connectivity index (χ0) is 19.9. The molecule has 5 heteroatoms. The Morgan fingerprint density at radius 1 is 1.14 bits per heavy atom. The molecule has 0 saturated carbocycles. The lowest BCUT2D eigenvalue weighted by Crippen LogP contribution is -2.07. The summed E-state index contributed by atoms with van der Waals surface area (Å²) in [6.07, 6.45) is 2.41. The molecule has 0 aliphatic rings. The van der Waals surface area contributed by atoms with Gasteiger partial charge in [-0.15, -0.1) is 0 Å². The van der Waals surface area contributed by atoms with Crippen molar-refractivity contribution in [3.63, 3.8) is 0 Å². The number of oxazole rings is 1. The number of carboxylic acids is 1. The van der Waals surface area contributed by atoms with Crippen LogP contribution < -0.4 is 4.74 Å². The minimum Gasteiger partial charge on any atom is -0.494 e. The fraction of sp³-hybridized carbons (Fsp3) is 0.304. The van der Waals surface area contributed by atoms with Crippen LogP contribution in [0.4, 0.5) is 0 Å². The molecular weight excluding hydrogens is 354 g/mol. The maximum Gasteiger partial charge on any atom is 0.310 e. The Morgan fingerprint density at radius 2 is 1.86 bits per heavy atom. The molecule has 3 aromatic rings. The number of nitrogens with zero attached hydrogens (tertiary/aromatic N) is 1. The average molecular weight is 379 g/mol. The van der Waals surface area contributed by atoms with Crippen LogP contribution >= 0.6 is 0 Å². The molecule has 1 heterocycles. The number of carboxylic acid groups (broad SMARTS) is 1. The second-order valence-corrected chi connectivity index (χ2v) is 6.69. The number of aryl methyl sites for hydroxylation is 2. The molecule has 1 atom stereocenters. The van der Waals surface area contributed by atoms with Crippen LogP contribution in [0.5, 0.6) is 5.75 Å². The van der Waals surface area contributed by atoms with E-state index in [0.717, 1.165) is 47.6 Å². The first kappa shape index (κ1) is 19.7. The summed E-state index contributed by atoms with van der Waals surface area (Å²) < 4.78 is 11.7. The first-order chi connectivity index (χ1) is 13.6. The van der Waals surface area contributed by atoms with Crippen LogP contribution in [0.15, 0.2) is 59.0 Å². The predicted octanol–water partition coefficient (Wildman–Crippen LogP) is 5.10. The summed E-state index contributed by atoms with van der Waals surface area (Å²) in [6.45, 7) is 4.30. The zero-order valence-electron chi connectivity index (χ0n) is 16.2. The van der Waals surface area contributed by atoms with Gasteiger partial charge in [0.2, 0.25) is 5.89 Å². The van der Waals surface area contributed by atoms with E-state index in [2.05, 4.69) is 11.9 Å². The molecule has 1 unspecified atom stereocenters. The van der Waals surface area contributed by atoms with Crippen molar-refractivity contribution in [2.45, 2.75) is 39.0 Å². The minimum atomic E-state index is -0.831. The van der Waals surface area contributed by atoms with Gasteiger partial charge in [0, 0.05) is 12.0 Å². The largest absolute Gasteiger partial charge is 0.494 e. The van der Waals surface area contributed by atoms with Crippen LogP contribution in [-0.2, 0) is 17.6 Å². The van der Waals surface area contributed by atoms with Crippen molar-refractivity contribution in [1.82, 2.24) is 4.98 Å². The van der Waals surface area contributed by atoms with Gasteiger partial charge in [-0.05, 0) is 49.6 Å². The van der Waals surface area contributed by atoms with Gasteiger partial charge in [0.05, 0.1) is 18.2 Å². The monoisotopic (exact) mass is 379 g/mol. The summed E-state index contributed by atoms with van der Waals surface area (Å²) >= 11 is 0. The molecule has 0 bridgehead atoms. The van der Waals surface area contributed by atoms with Gasteiger partial charge < -0.3 is 14.3 Å². The maximum absolute atomic E-state index is 11.0. The molecule has 1 N–H and O–H groups in total. The zero-order valence-corrected chi connectivity index (χ0v) is 16.2. The SMILES string of the molecule is CCc1oc(-c2ccccc2)nc1CCCOc1ccc(C(C)C(=O)O)cc1. The fourth-order valence-corrected chi connectivity index (χ4v) is 2.98. The molecule has 1 aromatic heterocycles. The number of rotatable bonds is 9. The summed E-state index contributed by atoms with van der Waals surface area (Å²) in [4.78, 5) is 15.7. The lowest BCUT2D eigenvalue weighted by molar-refractivity contribution is -0.138. The third kappa shape index (κ3) is 4.80. The van der Waals surface area contributed by atoms with Gasteiger partial charge in [-0.25, -0.2) is 4.98 Å². The molecule has 0 aliphatic carbocycles. The number of aromatic nitrogens is 1. The van der Waals surface area contributed by atoms with Gasteiger partial charge in [0.15, 0.2) is 0 Å². The van der Waals surface area contributed by atoms with E-state index < -0.39 is 11.9 Å². The molecule has 0 saturated heterocycles. The van der Waals surface area contributed by atoms with Crippen LogP contribution in [0.1, 0.15) is 43.2 Å². The quantitative estimate of drug-likeness (QED) is 0.523. The van der Waals surface area contributed by atoms with Crippen molar-refractivity contribution in [3.05, 3.63) is 71.6 Å². The van der Waals surface area contributed by atoms with Crippen LogP contribution in [0.25, 0.3) is 11.5 Å². The van der Waals surface area contributed by atoms with E-state index in [4.69, 9.17) is 14.3 Å². The van der Waals surface area contributed by atoms with E-state index in [0.29, 0.717) is 12.5 Å². The number of benzene rings is 2. The Bertz CT molecular complexity index is 900. The Hall–Kier alpha value is -3.08. The fourth-order valence-electron chi connectivity index (χ4n) is 2.98. The van der Waals surface area contributed by atoms with Crippen molar-refractivity contribution in [1.29, 1.82) is 0 Å². The molecular formula is C23H25NO4. The van der Waals surface area contributed by atoms with Crippen molar-refractivity contribution in [2.75, 3.05) is 6.61 Å². The smallest absolute Gasteiger partial charge is 0.310 e. The van der Waals surface area contributed by atoms with Crippen LogP contribution in [-0.4, -0.2) is 22.7 Å². The standard InChI is InChI=1S/C23H25NO4/c1-3-21-20(24-22(28-21)18-8-5-4-6-9-18)10-7-15-27-19-13-11-17(12-14-19)16(2)23(25)26/h4-6,8-9,11-14,16H,3,7,10,15H2,1-2H3,(H,25,26). The van der Waals surface area contributed by atoms with Crippen molar-refractivity contribution >= 4 is 5.97 Å². The number of ether oxygens (including phenoxy) is 1. The Labute approximate surface area is 165 Å². The van der Waals surface area contributed by atoms with E-state index in [1.54, 1.807) is 19.1 Å². The summed E-state index contributed by atoms with van der Waals surface area (Å²) in [5.41, 5.74) is 2.73. The van der Waals surface area contributed by atoms with Crippen molar-refractivity contribution in [3.8, 4) is 17.2 Å². The molecule has 0 radical (unpaired) electrons. The van der Waals surface area contributed by atoms with Crippen molar-refractivity contribution in [2.24, 2.45) is 0 Å². The molecule has 2 aromatic carbocycles. The van der Waals surface area contributed by atoms with Gasteiger partial charge in [-0.1, -0.05) is 37.3 Å². The second-order valence-electron chi connectivity index (χ2n) is 6.69.